The smallest absolute Gasteiger partial charge is 0.263 e. The van der Waals surface area contributed by atoms with E-state index in [9.17, 15) is 18.8 Å². The predicted octanol–water partition coefficient (Wildman–Crippen LogP) is 2.74. The lowest BCUT2D eigenvalue weighted by atomic mass is 10.1. The van der Waals surface area contributed by atoms with Gasteiger partial charge in [-0.2, -0.15) is 0 Å². The van der Waals surface area contributed by atoms with Crippen LogP contribution < -0.4 is 0 Å². The van der Waals surface area contributed by atoms with Crippen LogP contribution in [0.1, 0.15) is 19.4 Å². The Labute approximate surface area is 129 Å². The molecule has 0 aliphatic carbocycles. The van der Waals surface area contributed by atoms with Gasteiger partial charge in [0.05, 0.1) is 11.2 Å². The van der Waals surface area contributed by atoms with Gasteiger partial charge in [-0.25, -0.2) is 9.18 Å². The molecule has 0 saturated carbocycles. The fourth-order valence-corrected chi connectivity index (χ4v) is 3.45. The lowest BCUT2D eigenvalue weighted by Gasteiger charge is -2.18. The lowest BCUT2D eigenvalue weighted by Crippen LogP contribution is -2.37. The quantitative estimate of drug-likeness (QED) is 0.645. The minimum atomic E-state index is -0.838. The van der Waals surface area contributed by atoms with Crippen LogP contribution in [0.4, 0.5) is 9.18 Å². The van der Waals surface area contributed by atoms with Gasteiger partial charge in [0, 0.05) is 11.4 Å². The third kappa shape index (κ3) is 2.09. The molecule has 1 aliphatic rings. The highest BCUT2D eigenvalue weighted by Gasteiger charge is 2.45. The molecule has 2 aromatic rings. The number of benzene rings is 1. The highest BCUT2D eigenvalue weighted by Crippen LogP contribution is 2.30. The summed E-state index contributed by atoms with van der Waals surface area (Å²) in [6.45, 7) is 3.31. The molecule has 3 rings (SSSR count). The van der Waals surface area contributed by atoms with E-state index in [1.807, 2.05) is 0 Å². The van der Waals surface area contributed by atoms with E-state index in [-0.39, 0.29) is 18.4 Å². The number of imide groups is 2. The van der Waals surface area contributed by atoms with Gasteiger partial charge in [-0.3, -0.25) is 19.4 Å². The average Bonchev–Trinajstić information content (AvgIpc) is 2.96. The van der Waals surface area contributed by atoms with Crippen molar-refractivity contribution in [2.45, 2.75) is 26.4 Å². The number of nitrogens with zero attached hydrogens (tertiary/aromatic N) is 2. The third-order valence-corrected chi connectivity index (χ3v) is 4.61. The standard InChI is InChI=1S/C15H13FN2O3S/c1-8(2)18-14(20)13(19)17(15(18)21)6-9-7-22-12-10(9)4-3-5-11(12)16/h3-5,7-8H,6H2,1-2H3. The zero-order chi connectivity index (χ0) is 16.0. The molecule has 0 bridgehead atoms. The molecule has 4 amide bonds. The van der Waals surface area contributed by atoms with Crippen LogP contribution in [0.25, 0.3) is 10.1 Å². The number of rotatable bonds is 3. The van der Waals surface area contributed by atoms with E-state index in [1.54, 1.807) is 31.4 Å². The zero-order valence-corrected chi connectivity index (χ0v) is 12.8. The molecule has 0 N–H and O–H groups in total. The minimum Gasteiger partial charge on any atom is -0.263 e. The Balaban J connectivity index is 1.95. The van der Waals surface area contributed by atoms with Crippen LogP contribution in [0.2, 0.25) is 0 Å². The molecule has 1 aromatic heterocycles. The largest absolute Gasteiger partial charge is 0.334 e. The van der Waals surface area contributed by atoms with E-state index in [4.69, 9.17) is 0 Å². The number of carbonyl (C=O) groups excluding carboxylic acids is 3. The second kappa shape index (κ2) is 5.17. The van der Waals surface area contributed by atoms with E-state index in [2.05, 4.69) is 0 Å². The number of urea groups is 1. The summed E-state index contributed by atoms with van der Waals surface area (Å²) in [5.41, 5.74) is 0.652. The summed E-state index contributed by atoms with van der Waals surface area (Å²) in [7, 11) is 0. The minimum absolute atomic E-state index is 0.0317. The van der Waals surface area contributed by atoms with Gasteiger partial charge in [0.2, 0.25) is 0 Å². The van der Waals surface area contributed by atoms with Gasteiger partial charge in [0.15, 0.2) is 0 Å². The molecule has 0 spiro atoms. The number of amides is 4. The molecule has 1 aliphatic heterocycles. The Morgan fingerprint density at radius 3 is 2.55 bits per heavy atom. The van der Waals surface area contributed by atoms with Crippen molar-refractivity contribution < 1.29 is 18.8 Å². The maximum atomic E-state index is 13.7. The molecule has 0 atom stereocenters. The Morgan fingerprint density at radius 1 is 1.18 bits per heavy atom. The summed E-state index contributed by atoms with van der Waals surface area (Å²) < 4.78 is 14.2. The molecule has 7 heteroatoms. The first kappa shape index (κ1) is 14.6. The number of carbonyl (C=O) groups is 3. The molecule has 5 nitrogen and oxygen atoms in total. The average molecular weight is 320 g/mol. The van der Waals surface area contributed by atoms with Gasteiger partial charge in [-0.05, 0) is 30.9 Å². The second-order valence-electron chi connectivity index (χ2n) is 5.32. The van der Waals surface area contributed by atoms with Crippen LogP contribution in [0.15, 0.2) is 23.6 Å². The van der Waals surface area contributed by atoms with E-state index < -0.39 is 17.8 Å². The summed E-state index contributed by atoms with van der Waals surface area (Å²) in [6.07, 6.45) is 0. The summed E-state index contributed by atoms with van der Waals surface area (Å²) in [5.74, 6) is -1.99. The number of halogens is 1. The van der Waals surface area contributed by atoms with Crippen LogP contribution in [0.3, 0.4) is 0 Å². The number of hydrogen-bond donors (Lipinski definition) is 0. The van der Waals surface area contributed by atoms with E-state index in [1.165, 1.54) is 17.4 Å². The van der Waals surface area contributed by atoms with Crippen molar-refractivity contribution in [3.05, 3.63) is 35.0 Å². The topological polar surface area (TPSA) is 57.7 Å². The zero-order valence-electron chi connectivity index (χ0n) is 12.0. The molecular formula is C15H13FN2O3S. The molecule has 22 heavy (non-hydrogen) atoms. The van der Waals surface area contributed by atoms with Crippen molar-refractivity contribution in [1.82, 2.24) is 9.80 Å². The first-order valence-electron chi connectivity index (χ1n) is 6.75. The highest BCUT2D eigenvalue weighted by atomic mass is 32.1. The highest BCUT2D eigenvalue weighted by molar-refractivity contribution is 7.17. The number of fused-ring (bicyclic) bond motifs is 1. The van der Waals surface area contributed by atoms with Crippen molar-refractivity contribution >= 4 is 39.3 Å². The van der Waals surface area contributed by atoms with Gasteiger partial charge < -0.3 is 0 Å². The maximum absolute atomic E-state index is 13.7. The van der Waals surface area contributed by atoms with E-state index in [0.717, 1.165) is 9.80 Å². The van der Waals surface area contributed by atoms with Crippen LogP contribution >= 0.6 is 11.3 Å². The SMILES string of the molecule is CC(C)N1C(=O)C(=O)N(Cc2csc3c(F)cccc23)C1=O. The summed E-state index contributed by atoms with van der Waals surface area (Å²) in [4.78, 5) is 38.0. The molecular weight excluding hydrogens is 307 g/mol. The fraction of sp³-hybridized carbons (Fsp3) is 0.267. The van der Waals surface area contributed by atoms with Crippen molar-refractivity contribution in [3.63, 3.8) is 0 Å². The predicted molar refractivity (Wildman–Crippen MR) is 79.7 cm³/mol. The van der Waals surface area contributed by atoms with Crippen molar-refractivity contribution in [2.24, 2.45) is 0 Å². The molecule has 1 saturated heterocycles. The van der Waals surface area contributed by atoms with Gasteiger partial charge in [0.1, 0.15) is 5.82 Å². The molecule has 0 radical (unpaired) electrons. The summed E-state index contributed by atoms with van der Waals surface area (Å²) in [5, 5.41) is 2.36. The fourth-order valence-electron chi connectivity index (χ4n) is 2.48. The van der Waals surface area contributed by atoms with Crippen LogP contribution in [-0.4, -0.2) is 33.7 Å². The Bertz CT molecular complexity index is 799. The van der Waals surface area contributed by atoms with Crippen LogP contribution in [-0.2, 0) is 16.1 Å². The van der Waals surface area contributed by atoms with Gasteiger partial charge >= 0.3 is 17.8 Å². The van der Waals surface area contributed by atoms with Crippen LogP contribution in [0.5, 0.6) is 0 Å². The Kier molecular flexibility index (Phi) is 3.44. The van der Waals surface area contributed by atoms with Crippen molar-refractivity contribution in [3.8, 4) is 0 Å². The van der Waals surface area contributed by atoms with Crippen molar-refractivity contribution in [2.75, 3.05) is 0 Å². The molecule has 114 valence electrons. The normalized spacial score (nSPS) is 15.7. The summed E-state index contributed by atoms with van der Waals surface area (Å²) >= 11 is 1.21. The molecule has 2 heterocycles. The van der Waals surface area contributed by atoms with Gasteiger partial charge in [-0.1, -0.05) is 12.1 Å². The molecule has 1 aromatic carbocycles. The molecule has 1 fully saturated rings. The number of hydrogen-bond acceptors (Lipinski definition) is 4. The van der Waals surface area contributed by atoms with E-state index >= 15 is 0 Å². The van der Waals surface area contributed by atoms with Crippen molar-refractivity contribution in [1.29, 1.82) is 0 Å². The van der Waals surface area contributed by atoms with Gasteiger partial charge in [0.25, 0.3) is 0 Å². The first-order chi connectivity index (χ1) is 10.4. The lowest BCUT2D eigenvalue weighted by molar-refractivity contribution is -0.144. The second-order valence-corrected chi connectivity index (χ2v) is 6.20. The molecule has 0 unspecified atom stereocenters. The number of thiophene rings is 1. The Hall–Kier alpha value is -2.28. The summed E-state index contributed by atoms with van der Waals surface area (Å²) in [6, 6.07) is 3.66. The maximum Gasteiger partial charge on any atom is 0.334 e. The van der Waals surface area contributed by atoms with Crippen LogP contribution in [0, 0.1) is 5.82 Å². The third-order valence-electron chi connectivity index (χ3n) is 3.56. The van der Waals surface area contributed by atoms with E-state index in [0.29, 0.717) is 15.6 Å². The monoisotopic (exact) mass is 320 g/mol. The first-order valence-corrected chi connectivity index (χ1v) is 7.63. The van der Waals surface area contributed by atoms with Gasteiger partial charge in [-0.15, -0.1) is 11.3 Å². The Morgan fingerprint density at radius 2 is 1.91 bits per heavy atom.